The number of hydrogen-bond acceptors (Lipinski definition) is 2. The van der Waals surface area contributed by atoms with Gasteiger partial charge in [0.1, 0.15) is 0 Å². The highest BCUT2D eigenvalue weighted by Gasteiger charge is 2.24. The van der Waals surface area contributed by atoms with Crippen LogP contribution in [-0.2, 0) is 0 Å². The number of para-hydroxylation sites is 2. The first-order valence-corrected chi connectivity index (χ1v) is 21.3. The number of aromatic nitrogens is 1. The molecule has 0 bridgehead atoms. The molecular weight excluding hydrogens is 739 g/mol. The monoisotopic (exact) mass is 785 g/mol. The summed E-state index contributed by atoms with van der Waals surface area (Å²) in [5.74, 6) is 0. The summed E-state index contributed by atoms with van der Waals surface area (Å²) in [5.41, 5.74) is 18.1. The molecule has 1 aromatic heterocycles. The molecule has 0 spiro atoms. The van der Waals surface area contributed by atoms with Gasteiger partial charge in [-0.25, -0.2) is 0 Å². The van der Waals surface area contributed by atoms with Crippen molar-refractivity contribution in [1.29, 1.82) is 0 Å². The summed E-state index contributed by atoms with van der Waals surface area (Å²) in [7, 11) is 0. The van der Waals surface area contributed by atoms with E-state index in [1.165, 1.54) is 105 Å². The van der Waals surface area contributed by atoms with E-state index < -0.39 is 0 Å². The highest BCUT2D eigenvalue weighted by molar-refractivity contribution is 6.26. The minimum atomic E-state index is 1.12. The zero-order valence-corrected chi connectivity index (χ0v) is 35.6. The lowest BCUT2D eigenvalue weighted by Crippen LogP contribution is -2.13. The van der Waals surface area contributed by atoms with Crippen LogP contribution < -0.4 is 9.80 Å². The molecule has 0 amide bonds. The highest BCUT2D eigenvalue weighted by Crippen LogP contribution is 2.48. The molecule has 1 heterocycles. The van der Waals surface area contributed by atoms with Crippen molar-refractivity contribution < 1.29 is 0 Å². The van der Waals surface area contributed by atoms with Crippen LogP contribution in [0.4, 0.5) is 34.1 Å². The van der Waals surface area contributed by atoms with E-state index in [9.17, 15) is 0 Å². The lowest BCUT2D eigenvalue weighted by Gasteiger charge is -2.30. The Bertz CT molecular complexity index is 3430. The Morgan fingerprint density at radius 3 is 1.44 bits per heavy atom. The molecule has 294 valence electrons. The van der Waals surface area contributed by atoms with E-state index in [0.29, 0.717) is 0 Å². The van der Waals surface area contributed by atoms with E-state index in [1.54, 1.807) is 0 Å². The minimum absolute atomic E-state index is 1.12. The van der Waals surface area contributed by atoms with Crippen LogP contribution in [0.5, 0.6) is 0 Å². The zero-order valence-electron chi connectivity index (χ0n) is 35.6. The Hall–Kier alpha value is -7.36. The predicted molar refractivity (Wildman–Crippen MR) is 262 cm³/mol. The maximum atomic E-state index is 2.49. The van der Waals surface area contributed by atoms with Gasteiger partial charge in [-0.1, -0.05) is 126 Å². The number of aryl methyl sites for hydroxylation is 6. The third-order valence-corrected chi connectivity index (χ3v) is 12.8. The lowest BCUT2D eigenvalue weighted by atomic mass is 9.92. The van der Waals surface area contributed by atoms with Crippen LogP contribution in [0.15, 0.2) is 176 Å². The molecule has 0 saturated carbocycles. The molecule has 0 N–H and O–H groups in total. The Kier molecular flexibility index (Phi) is 8.51. The molecule has 11 aromatic rings. The minimum Gasteiger partial charge on any atom is -0.310 e. The van der Waals surface area contributed by atoms with Crippen LogP contribution in [0.3, 0.4) is 0 Å². The van der Waals surface area contributed by atoms with Crippen molar-refractivity contribution in [1.82, 2.24) is 4.57 Å². The van der Waals surface area contributed by atoms with E-state index in [4.69, 9.17) is 0 Å². The van der Waals surface area contributed by atoms with Crippen LogP contribution in [0, 0.1) is 41.5 Å². The number of anilines is 6. The van der Waals surface area contributed by atoms with E-state index >= 15 is 0 Å². The molecule has 61 heavy (non-hydrogen) atoms. The first kappa shape index (κ1) is 36.7. The van der Waals surface area contributed by atoms with Gasteiger partial charge in [-0.05, 0) is 152 Å². The van der Waals surface area contributed by atoms with Gasteiger partial charge in [-0.2, -0.15) is 0 Å². The smallest absolute Gasteiger partial charge is 0.0561 e. The average Bonchev–Trinajstić information content (AvgIpc) is 3.59. The van der Waals surface area contributed by atoms with Crippen molar-refractivity contribution in [2.45, 2.75) is 41.5 Å². The summed E-state index contributed by atoms with van der Waals surface area (Å²) >= 11 is 0. The van der Waals surface area contributed by atoms with E-state index in [1.807, 2.05) is 0 Å². The molecule has 11 rings (SSSR count). The van der Waals surface area contributed by atoms with Crippen LogP contribution in [0.1, 0.15) is 33.4 Å². The number of rotatable bonds is 7. The molecule has 0 saturated heterocycles. The van der Waals surface area contributed by atoms with Crippen LogP contribution >= 0.6 is 0 Å². The molecule has 0 unspecified atom stereocenters. The van der Waals surface area contributed by atoms with Gasteiger partial charge in [0.25, 0.3) is 0 Å². The molecule has 3 heteroatoms. The molecule has 0 aliphatic heterocycles. The molecular formula is C58H47N3. The van der Waals surface area contributed by atoms with Crippen molar-refractivity contribution in [2.24, 2.45) is 0 Å². The largest absolute Gasteiger partial charge is 0.310 e. The maximum Gasteiger partial charge on any atom is 0.0561 e. The fourth-order valence-corrected chi connectivity index (χ4v) is 10.0. The summed E-state index contributed by atoms with van der Waals surface area (Å²) < 4.78 is 2.41. The van der Waals surface area contributed by atoms with Gasteiger partial charge < -0.3 is 14.4 Å². The van der Waals surface area contributed by atoms with Crippen molar-refractivity contribution in [3.63, 3.8) is 0 Å². The Morgan fingerprint density at radius 2 is 0.820 bits per heavy atom. The molecule has 0 atom stereocenters. The average molecular weight is 786 g/mol. The highest BCUT2D eigenvalue weighted by atomic mass is 15.2. The number of nitrogens with zero attached hydrogens (tertiary/aromatic N) is 3. The van der Waals surface area contributed by atoms with Crippen molar-refractivity contribution in [2.75, 3.05) is 9.80 Å². The number of fused-ring (bicyclic) bond motifs is 3. The molecule has 0 aliphatic rings. The zero-order chi connectivity index (χ0) is 41.5. The quantitative estimate of drug-likeness (QED) is 0.149. The molecule has 3 nitrogen and oxygen atoms in total. The topological polar surface area (TPSA) is 11.4 Å². The SMILES string of the molecule is Cc1ccc(N(c2cc3ccc4ccc(N(c5ccc6c7ccccc7n(-c7ccccc7)c6c5)c5ccc(C)cc5C)c5ccc(c2)c3c45)c2ccc(C)cc2C)c(C)c1. The Labute approximate surface area is 357 Å². The summed E-state index contributed by atoms with van der Waals surface area (Å²) in [4.78, 5) is 4.94. The van der Waals surface area contributed by atoms with Gasteiger partial charge in [-0.3, -0.25) is 0 Å². The van der Waals surface area contributed by atoms with E-state index in [-0.39, 0.29) is 0 Å². The predicted octanol–water partition coefficient (Wildman–Crippen LogP) is 16.5. The summed E-state index contributed by atoms with van der Waals surface area (Å²) in [6.07, 6.45) is 0. The van der Waals surface area contributed by atoms with Crippen molar-refractivity contribution in [3.8, 4) is 5.69 Å². The van der Waals surface area contributed by atoms with Gasteiger partial charge in [0.05, 0.1) is 16.7 Å². The molecule has 0 fully saturated rings. The second-order valence-corrected chi connectivity index (χ2v) is 17.1. The number of hydrogen-bond donors (Lipinski definition) is 0. The van der Waals surface area contributed by atoms with Gasteiger partial charge in [-0.15, -0.1) is 0 Å². The van der Waals surface area contributed by atoms with Gasteiger partial charge in [0, 0.05) is 50.3 Å². The summed E-state index contributed by atoms with van der Waals surface area (Å²) in [6.45, 7) is 13.2. The molecule has 0 aliphatic carbocycles. The molecule has 10 aromatic carbocycles. The number of benzene rings is 10. The fourth-order valence-electron chi connectivity index (χ4n) is 10.0. The van der Waals surface area contributed by atoms with E-state index in [2.05, 4.69) is 232 Å². The van der Waals surface area contributed by atoms with Crippen LogP contribution in [0.25, 0.3) is 59.8 Å². The van der Waals surface area contributed by atoms with Crippen molar-refractivity contribution >= 4 is 88.2 Å². The van der Waals surface area contributed by atoms with Crippen LogP contribution in [0.2, 0.25) is 0 Å². The Balaban J connectivity index is 1.15. The summed E-state index contributed by atoms with van der Waals surface area (Å²) in [6, 6.07) is 65.7. The summed E-state index contributed by atoms with van der Waals surface area (Å²) in [5, 5.41) is 10.0. The van der Waals surface area contributed by atoms with Gasteiger partial charge in [0.2, 0.25) is 0 Å². The second kappa shape index (κ2) is 14.1. The maximum absolute atomic E-state index is 2.49. The lowest BCUT2D eigenvalue weighted by molar-refractivity contribution is 1.18. The third kappa shape index (κ3) is 5.95. The van der Waals surface area contributed by atoms with Crippen LogP contribution in [-0.4, -0.2) is 4.57 Å². The molecule has 0 radical (unpaired) electrons. The Morgan fingerprint density at radius 1 is 0.328 bits per heavy atom. The normalized spacial score (nSPS) is 11.8. The first-order chi connectivity index (χ1) is 29.7. The standard InChI is InChI=1S/C58H47N3/c1-36-16-26-51(39(4)30-36)60(46-23-25-49-48-14-10-11-15-54(48)59(56(49)35-46)45-12-8-7-9-13-45)55-29-22-42-19-20-43-33-47(34-44-21-24-50(55)58(42)57(43)44)61(52-27-17-37(2)31-40(52)5)53-28-18-38(3)32-41(53)6/h7-35H,1-6H3. The first-order valence-electron chi connectivity index (χ1n) is 21.3. The van der Waals surface area contributed by atoms with E-state index in [0.717, 1.165) is 22.7 Å². The van der Waals surface area contributed by atoms with Crippen molar-refractivity contribution in [3.05, 3.63) is 209 Å². The second-order valence-electron chi connectivity index (χ2n) is 17.1. The van der Waals surface area contributed by atoms with Gasteiger partial charge >= 0.3 is 0 Å². The van der Waals surface area contributed by atoms with Gasteiger partial charge in [0.15, 0.2) is 0 Å². The third-order valence-electron chi connectivity index (χ3n) is 12.8. The fraction of sp³-hybridized carbons (Fsp3) is 0.103.